The van der Waals surface area contributed by atoms with E-state index in [0.717, 1.165) is 17.0 Å². The van der Waals surface area contributed by atoms with Crippen molar-refractivity contribution in [2.75, 3.05) is 17.7 Å². The van der Waals surface area contributed by atoms with Crippen LogP contribution in [0.3, 0.4) is 0 Å². The first-order chi connectivity index (χ1) is 13.5. The number of nitrogens with one attached hydrogen (secondary N) is 2. The van der Waals surface area contributed by atoms with Crippen molar-refractivity contribution in [3.63, 3.8) is 0 Å². The summed E-state index contributed by atoms with van der Waals surface area (Å²) in [4.78, 5) is 21.0. The summed E-state index contributed by atoms with van der Waals surface area (Å²) in [6.45, 7) is 6.34. The van der Waals surface area contributed by atoms with Gasteiger partial charge in [0.05, 0.1) is 12.7 Å². The second-order valence-electron chi connectivity index (χ2n) is 6.80. The van der Waals surface area contributed by atoms with Crippen molar-refractivity contribution in [2.45, 2.75) is 26.7 Å². The van der Waals surface area contributed by atoms with E-state index in [1.165, 1.54) is 18.0 Å². The van der Waals surface area contributed by atoms with E-state index in [-0.39, 0.29) is 5.91 Å². The van der Waals surface area contributed by atoms with Gasteiger partial charge in [-0.15, -0.1) is 0 Å². The SMILES string of the molecule is COc1ccc(NC(=O)c2cnc(Nc3c(C)cccc3C(C)C)nc2)cc1. The lowest BCUT2D eigenvalue weighted by molar-refractivity contribution is 0.102. The largest absolute Gasteiger partial charge is 0.497 e. The number of methoxy groups -OCH3 is 1. The minimum absolute atomic E-state index is 0.268. The number of carbonyl (C=O) groups is 1. The molecule has 0 spiro atoms. The third-order valence-corrected chi connectivity index (χ3v) is 4.43. The number of nitrogens with zero attached hydrogens (tertiary/aromatic N) is 2. The van der Waals surface area contributed by atoms with Gasteiger partial charge in [0.15, 0.2) is 0 Å². The summed E-state index contributed by atoms with van der Waals surface area (Å²) in [6, 6.07) is 13.3. The molecule has 1 aromatic heterocycles. The molecule has 0 radical (unpaired) electrons. The number of carbonyl (C=O) groups excluding carboxylic acids is 1. The van der Waals surface area contributed by atoms with Gasteiger partial charge in [0, 0.05) is 23.8 Å². The number of benzene rings is 2. The Morgan fingerprint density at radius 1 is 1.04 bits per heavy atom. The van der Waals surface area contributed by atoms with Crippen LogP contribution >= 0.6 is 0 Å². The monoisotopic (exact) mass is 376 g/mol. The van der Waals surface area contributed by atoms with E-state index in [1.807, 2.05) is 19.1 Å². The maximum absolute atomic E-state index is 12.4. The highest BCUT2D eigenvalue weighted by Gasteiger charge is 2.12. The van der Waals surface area contributed by atoms with E-state index in [0.29, 0.717) is 23.1 Å². The molecule has 6 heteroatoms. The van der Waals surface area contributed by atoms with Crippen molar-refractivity contribution < 1.29 is 9.53 Å². The molecule has 144 valence electrons. The molecule has 28 heavy (non-hydrogen) atoms. The Kier molecular flexibility index (Phi) is 5.89. The van der Waals surface area contributed by atoms with Crippen molar-refractivity contribution in [3.8, 4) is 5.75 Å². The number of ether oxygens (including phenoxy) is 1. The van der Waals surface area contributed by atoms with Gasteiger partial charge >= 0.3 is 0 Å². The topological polar surface area (TPSA) is 76.1 Å². The first-order valence-electron chi connectivity index (χ1n) is 9.12. The average Bonchev–Trinajstić information content (AvgIpc) is 2.70. The summed E-state index contributed by atoms with van der Waals surface area (Å²) in [5, 5.41) is 6.10. The zero-order chi connectivity index (χ0) is 20.1. The molecule has 3 aromatic rings. The Morgan fingerprint density at radius 3 is 2.32 bits per heavy atom. The van der Waals surface area contributed by atoms with Crippen LogP contribution in [0.25, 0.3) is 0 Å². The van der Waals surface area contributed by atoms with Crippen LogP contribution < -0.4 is 15.4 Å². The van der Waals surface area contributed by atoms with Crippen LogP contribution in [0.2, 0.25) is 0 Å². The Morgan fingerprint density at radius 2 is 1.71 bits per heavy atom. The van der Waals surface area contributed by atoms with Gasteiger partial charge in [-0.3, -0.25) is 4.79 Å². The maximum Gasteiger partial charge on any atom is 0.258 e. The molecular formula is C22H24N4O2. The average molecular weight is 376 g/mol. The molecule has 0 aliphatic rings. The fraction of sp³-hybridized carbons (Fsp3) is 0.227. The van der Waals surface area contributed by atoms with Gasteiger partial charge < -0.3 is 15.4 Å². The molecule has 0 aliphatic carbocycles. The highest BCUT2D eigenvalue weighted by Crippen LogP contribution is 2.29. The zero-order valence-corrected chi connectivity index (χ0v) is 16.5. The Hall–Kier alpha value is -3.41. The van der Waals surface area contributed by atoms with E-state index in [2.05, 4.69) is 40.5 Å². The summed E-state index contributed by atoms with van der Waals surface area (Å²) in [7, 11) is 1.60. The van der Waals surface area contributed by atoms with Crippen LogP contribution in [0.15, 0.2) is 54.9 Å². The van der Waals surface area contributed by atoms with Gasteiger partial charge in [0.1, 0.15) is 5.75 Å². The third kappa shape index (κ3) is 4.46. The molecule has 1 amide bonds. The molecule has 0 fully saturated rings. The van der Waals surface area contributed by atoms with Crippen molar-refractivity contribution in [2.24, 2.45) is 0 Å². The molecule has 1 heterocycles. The lowest BCUT2D eigenvalue weighted by Crippen LogP contribution is -2.13. The standard InChI is InChI=1S/C22H24N4O2/c1-14(2)19-7-5-6-15(3)20(19)26-22-23-12-16(13-24-22)21(27)25-17-8-10-18(28-4)11-9-17/h5-14H,1-4H3,(H,25,27)(H,23,24,26). The zero-order valence-electron chi connectivity index (χ0n) is 16.5. The summed E-state index contributed by atoms with van der Waals surface area (Å²) in [5.41, 5.74) is 4.39. The summed E-state index contributed by atoms with van der Waals surface area (Å²) in [6.07, 6.45) is 3.03. The van der Waals surface area contributed by atoms with Crippen molar-refractivity contribution in [1.82, 2.24) is 9.97 Å². The Balaban J connectivity index is 1.72. The smallest absolute Gasteiger partial charge is 0.258 e. The molecule has 2 N–H and O–H groups in total. The number of rotatable bonds is 6. The molecule has 0 saturated carbocycles. The first-order valence-corrected chi connectivity index (χ1v) is 9.12. The quantitative estimate of drug-likeness (QED) is 0.639. The van der Waals surface area contributed by atoms with Gasteiger partial charge in [-0.1, -0.05) is 32.0 Å². The van der Waals surface area contributed by atoms with Crippen molar-refractivity contribution in [3.05, 3.63) is 71.5 Å². The van der Waals surface area contributed by atoms with Gasteiger partial charge in [0.25, 0.3) is 5.91 Å². The normalized spacial score (nSPS) is 10.6. The fourth-order valence-electron chi connectivity index (χ4n) is 2.84. The van der Waals surface area contributed by atoms with Crippen LogP contribution in [-0.2, 0) is 0 Å². The fourth-order valence-corrected chi connectivity index (χ4v) is 2.84. The maximum atomic E-state index is 12.4. The number of aromatic nitrogens is 2. The Labute approximate surface area is 165 Å². The van der Waals surface area contributed by atoms with Gasteiger partial charge in [0.2, 0.25) is 5.95 Å². The van der Waals surface area contributed by atoms with Gasteiger partial charge in [-0.25, -0.2) is 9.97 Å². The number of aryl methyl sites for hydroxylation is 1. The molecule has 6 nitrogen and oxygen atoms in total. The minimum atomic E-state index is -0.268. The molecule has 3 rings (SSSR count). The number of amides is 1. The number of anilines is 3. The summed E-state index contributed by atoms with van der Waals surface area (Å²) >= 11 is 0. The van der Waals surface area contributed by atoms with Crippen LogP contribution in [-0.4, -0.2) is 23.0 Å². The van der Waals surface area contributed by atoms with Crippen LogP contribution in [0.1, 0.15) is 41.3 Å². The summed E-state index contributed by atoms with van der Waals surface area (Å²) in [5.74, 6) is 1.29. The second-order valence-corrected chi connectivity index (χ2v) is 6.80. The highest BCUT2D eigenvalue weighted by molar-refractivity contribution is 6.03. The van der Waals surface area contributed by atoms with E-state index in [4.69, 9.17) is 4.74 Å². The van der Waals surface area contributed by atoms with Crippen LogP contribution in [0.4, 0.5) is 17.3 Å². The van der Waals surface area contributed by atoms with E-state index in [1.54, 1.807) is 31.4 Å². The molecular weight excluding hydrogens is 352 g/mol. The molecule has 0 aliphatic heterocycles. The Bertz CT molecular complexity index is 951. The number of hydrogen-bond donors (Lipinski definition) is 2. The lowest BCUT2D eigenvalue weighted by Gasteiger charge is -2.16. The first kappa shape index (κ1) is 19.4. The van der Waals surface area contributed by atoms with E-state index >= 15 is 0 Å². The number of para-hydroxylation sites is 1. The molecule has 0 unspecified atom stereocenters. The second kappa shape index (κ2) is 8.52. The lowest BCUT2D eigenvalue weighted by atomic mass is 9.98. The molecule has 2 aromatic carbocycles. The van der Waals surface area contributed by atoms with Crippen LogP contribution in [0.5, 0.6) is 5.75 Å². The molecule has 0 saturated heterocycles. The van der Waals surface area contributed by atoms with Gasteiger partial charge in [-0.2, -0.15) is 0 Å². The van der Waals surface area contributed by atoms with Gasteiger partial charge in [-0.05, 0) is 48.2 Å². The predicted octanol–water partition coefficient (Wildman–Crippen LogP) is 4.91. The predicted molar refractivity (Wildman–Crippen MR) is 112 cm³/mol. The van der Waals surface area contributed by atoms with E-state index in [9.17, 15) is 4.79 Å². The summed E-state index contributed by atoms with van der Waals surface area (Å²) < 4.78 is 5.11. The highest BCUT2D eigenvalue weighted by atomic mass is 16.5. The minimum Gasteiger partial charge on any atom is -0.497 e. The van der Waals surface area contributed by atoms with E-state index < -0.39 is 0 Å². The molecule has 0 bridgehead atoms. The van der Waals surface area contributed by atoms with Crippen molar-refractivity contribution in [1.29, 1.82) is 0 Å². The number of hydrogen-bond acceptors (Lipinski definition) is 5. The molecule has 0 atom stereocenters. The third-order valence-electron chi connectivity index (χ3n) is 4.43. The van der Waals surface area contributed by atoms with Crippen molar-refractivity contribution >= 4 is 23.2 Å². The van der Waals surface area contributed by atoms with Crippen LogP contribution in [0, 0.1) is 6.92 Å².